The van der Waals surface area contributed by atoms with Crippen molar-refractivity contribution in [3.63, 3.8) is 0 Å². The van der Waals surface area contributed by atoms with Crippen molar-refractivity contribution in [1.82, 2.24) is 9.55 Å². The van der Waals surface area contributed by atoms with Crippen molar-refractivity contribution >= 4 is 56.4 Å². The number of benzene rings is 2. The molecule has 0 spiro atoms. The summed E-state index contributed by atoms with van der Waals surface area (Å²) in [6, 6.07) is 11.4. The van der Waals surface area contributed by atoms with Crippen LogP contribution in [0, 0.1) is 0 Å². The van der Waals surface area contributed by atoms with Crippen molar-refractivity contribution < 1.29 is 4.74 Å². The summed E-state index contributed by atoms with van der Waals surface area (Å²) >= 11 is 21.8. The Kier molecular flexibility index (Phi) is 7.44. The molecule has 2 aromatic carbocycles. The molecular weight excluding hydrogens is 472 g/mol. The van der Waals surface area contributed by atoms with Crippen molar-refractivity contribution in [2.24, 2.45) is 0 Å². The third kappa shape index (κ3) is 6.13. The van der Waals surface area contributed by atoms with Gasteiger partial charge in [0.25, 0.3) is 0 Å². The Labute approximate surface area is 181 Å². The van der Waals surface area contributed by atoms with E-state index in [1.54, 1.807) is 24.7 Å². The Morgan fingerprint density at radius 3 is 2.52 bits per heavy atom. The second kappa shape index (κ2) is 9.80. The van der Waals surface area contributed by atoms with Gasteiger partial charge in [-0.15, -0.1) is 0 Å². The van der Waals surface area contributed by atoms with E-state index in [4.69, 9.17) is 39.5 Å². The molecule has 0 amide bonds. The Bertz CT molecular complexity index is 873. The molecule has 1 unspecified atom stereocenters. The normalized spacial score (nSPS) is 12.1. The smallest absolute Gasteiger partial charge is 0.0946 e. The Morgan fingerprint density at radius 1 is 1.07 bits per heavy atom. The van der Waals surface area contributed by atoms with Crippen LogP contribution in [-0.4, -0.2) is 22.2 Å². The monoisotopic (exact) mass is 487 g/mol. The van der Waals surface area contributed by atoms with Crippen LogP contribution in [0.15, 0.2) is 59.6 Å². The van der Waals surface area contributed by atoms with Gasteiger partial charge in [0.2, 0.25) is 0 Å². The molecular formula is C19H17BrCl3N3O. The maximum absolute atomic E-state index is 6.25. The predicted molar refractivity (Wildman–Crippen MR) is 115 cm³/mol. The standard InChI is InChI=1S/C19H17BrCl3N3O/c20-14-3-1-13(2-4-14)11-27-15(10-26-6-5-24-12-26)9-25-19-8-17(22)16(21)7-18(19)23/h1-8,12,15,25H,9-11H2. The van der Waals surface area contributed by atoms with Gasteiger partial charge in [-0.3, -0.25) is 0 Å². The number of hydrogen-bond donors (Lipinski definition) is 1. The zero-order chi connectivity index (χ0) is 19.2. The van der Waals surface area contributed by atoms with Crippen molar-refractivity contribution in [2.45, 2.75) is 19.3 Å². The van der Waals surface area contributed by atoms with Crippen LogP contribution in [0.25, 0.3) is 0 Å². The molecule has 0 bridgehead atoms. The zero-order valence-electron chi connectivity index (χ0n) is 14.2. The molecule has 1 aromatic heterocycles. The molecule has 8 heteroatoms. The first-order valence-corrected chi connectivity index (χ1v) is 10.1. The largest absolute Gasteiger partial charge is 0.381 e. The summed E-state index contributed by atoms with van der Waals surface area (Å²) in [5, 5.41) is 4.68. The highest BCUT2D eigenvalue weighted by atomic mass is 79.9. The number of ether oxygens (including phenoxy) is 1. The first kappa shape index (κ1) is 20.5. The van der Waals surface area contributed by atoms with Gasteiger partial charge in [-0.05, 0) is 29.8 Å². The first-order chi connectivity index (χ1) is 13.0. The lowest BCUT2D eigenvalue weighted by Gasteiger charge is -2.20. The van der Waals surface area contributed by atoms with Gasteiger partial charge in [-0.25, -0.2) is 4.98 Å². The van der Waals surface area contributed by atoms with Crippen LogP contribution in [0.1, 0.15) is 5.56 Å². The van der Waals surface area contributed by atoms with Crippen LogP contribution in [-0.2, 0) is 17.9 Å². The van der Waals surface area contributed by atoms with Crippen LogP contribution in [0.3, 0.4) is 0 Å². The lowest BCUT2D eigenvalue weighted by molar-refractivity contribution is 0.0379. The highest BCUT2D eigenvalue weighted by molar-refractivity contribution is 9.10. The summed E-state index contributed by atoms with van der Waals surface area (Å²) < 4.78 is 9.14. The van der Waals surface area contributed by atoms with Crippen LogP contribution < -0.4 is 5.32 Å². The maximum atomic E-state index is 6.25. The lowest BCUT2D eigenvalue weighted by Crippen LogP contribution is -2.28. The fourth-order valence-corrected chi connectivity index (χ4v) is 3.36. The molecule has 0 saturated heterocycles. The Morgan fingerprint density at radius 2 is 1.81 bits per heavy atom. The van der Waals surface area contributed by atoms with Crippen molar-refractivity contribution in [3.8, 4) is 0 Å². The minimum Gasteiger partial charge on any atom is -0.381 e. The average molecular weight is 490 g/mol. The summed E-state index contributed by atoms with van der Waals surface area (Å²) in [6.07, 6.45) is 5.31. The number of halogens is 4. The third-order valence-corrected chi connectivity index (χ3v) is 5.47. The van der Waals surface area contributed by atoms with Gasteiger partial charge in [-0.1, -0.05) is 62.9 Å². The van der Waals surface area contributed by atoms with E-state index in [0.717, 1.165) is 10.0 Å². The van der Waals surface area contributed by atoms with Crippen LogP contribution in [0.2, 0.25) is 15.1 Å². The summed E-state index contributed by atoms with van der Waals surface area (Å²) in [7, 11) is 0. The van der Waals surface area contributed by atoms with Crippen molar-refractivity contribution in [2.75, 3.05) is 11.9 Å². The van der Waals surface area contributed by atoms with Gasteiger partial charge in [0.1, 0.15) is 0 Å². The molecule has 1 N–H and O–H groups in total. The molecule has 0 saturated carbocycles. The summed E-state index contributed by atoms with van der Waals surface area (Å²) in [5.74, 6) is 0. The number of nitrogens with one attached hydrogen (secondary N) is 1. The van der Waals surface area contributed by atoms with E-state index in [-0.39, 0.29) is 6.10 Å². The zero-order valence-corrected chi connectivity index (χ0v) is 18.1. The van der Waals surface area contributed by atoms with Crippen molar-refractivity contribution in [1.29, 1.82) is 0 Å². The molecule has 4 nitrogen and oxygen atoms in total. The Hall–Kier alpha value is -1.24. The van der Waals surface area contributed by atoms with E-state index >= 15 is 0 Å². The number of imidazole rings is 1. The molecule has 0 aliphatic heterocycles. The second-order valence-electron chi connectivity index (χ2n) is 5.95. The number of anilines is 1. The van der Waals surface area contributed by atoms with E-state index < -0.39 is 0 Å². The molecule has 0 aliphatic rings. The first-order valence-electron chi connectivity index (χ1n) is 8.21. The maximum Gasteiger partial charge on any atom is 0.0946 e. The van der Waals surface area contributed by atoms with Gasteiger partial charge in [0, 0.05) is 23.4 Å². The van der Waals surface area contributed by atoms with Crippen LogP contribution in [0.5, 0.6) is 0 Å². The lowest BCUT2D eigenvalue weighted by atomic mass is 10.2. The number of aromatic nitrogens is 2. The summed E-state index contributed by atoms with van der Waals surface area (Å²) in [6.45, 7) is 1.71. The number of hydrogen-bond acceptors (Lipinski definition) is 3. The fraction of sp³-hybridized carbons (Fsp3) is 0.211. The average Bonchev–Trinajstić information content (AvgIpc) is 3.15. The molecule has 27 heavy (non-hydrogen) atoms. The highest BCUT2D eigenvalue weighted by Crippen LogP contribution is 2.32. The van der Waals surface area contributed by atoms with Gasteiger partial charge in [-0.2, -0.15) is 0 Å². The number of nitrogens with zero attached hydrogens (tertiary/aromatic N) is 2. The third-order valence-electron chi connectivity index (χ3n) is 3.90. The van der Waals surface area contributed by atoms with E-state index in [9.17, 15) is 0 Å². The van der Waals surface area contributed by atoms with Gasteiger partial charge < -0.3 is 14.6 Å². The predicted octanol–water partition coefficient (Wildman–Crippen LogP) is 6.30. The molecule has 142 valence electrons. The highest BCUT2D eigenvalue weighted by Gasteiger charge is 2.13. The summed E-state index contributed by atoms with van der Waals surface area (Å²) in [4.78, 5) is 4.09. The number of rotatable bonds is 8. The minimum absolute atomic E-state index is 0.103. The topological polar surface area (TPSA) is 39.1 Å². The van der Waals surface area contributed by atoms with E-state index in [1.807, 2.05) is 35.0 Å². The van der Waals surface area contributed by atoms with E-state index in [0.29, 0.717) is 40.5 Å². The molecule has 3 aromatic rings. The molecule has 1 atom stereocenters. The minimum atomic E-state index is -0.103. The quantitative estimate of drug-likeness (QED) is 0.377. The molecule has 0 aliphatic carbocycles. The second-order valence-corrected chi connectivity index (χ2v) is 8.08. The van der Waals surface area contributed by atoms with E-state index in [1.165, 1.54) is 0 Å². The SMILES string of the molecule is Clc1cc(Cl)c(NCC(Cn2ccnc2)OCc2ccc(Br)cc2)cc1Cl. The van der Waals surface area contributed by atoms with E-state index in [2.05, 4.69) is 26.2 Å². The molecule has 3 rings (SSSR count). The molecule has 0 radical (unpaired) electrons. The van der Waals surface area contributed by atoms with Crippen molar-refractivity contribution in [3.05, 3.63) is 80.2 Å². The Balaban J connectivity index is 1.66. The van der Waals surface area contributed by atoms with Crippen LogP contribution in [0.4, 0.5) is 5.69 Å². The van der Waals surface area contributed by atoms with Gasteiger partial charge in [0.15, 0.2) is 0 Å². The van der Waals surface area contributed by atoms with Crippen LogP contribution >= 0.6 is 50.7 Å². The summed E-state index contributed by atoms with van der Waals surface area (Å²) in [5.41, 5.74) is 1.82. The van der Waals surface area contributed by atoms with Gasteiger partial charge >= 0.3 is 0 Å². The fourth-order valence-electron chi connectivity index (χ4n) is 2.48. The molecule has 1 heterocycles. The van der Waals surface area contributed by atoms with Gasteiger partial charge in [0.05, 0.1) is 46.3 Å². The molecule has 0 fully saturated rings.